The van der Waals surface area contributed by atoms with Crippen molar-refractivity contribution in [2.75, 3.05) is 6.54 Å². The molecule has 2 atom stereocenters. The van der Waals surface area contributed by atoms with Crippen LogP contribution >= 0.6 is 11.6 Å². The summed E-state index contributed by atoms with van der Waals surface area (Å²) in [6.07, 6.45) is 4.12. The predicted molar refractivity (Wildman–Crippen MR) is 59.8 cm³/mol. The minimum absolute atomic E-state index is 0.290. The Bertz CT molecular complexity index is 325. The van der Waals surface area contributed by atoms with Gasteiger partial charge in [-0.2, -0.15) is 15.0 Å². The number of halogens is 1. The van der Waals surface area contributed by atoms with E-state index >= 15 is 0 Å². The van der Waals surface area contributed by atoms with E-state index in [1.807, 2.05) is 13.2 Å². The molecule has 1 aromatic rings. The Morgan fingerprint density at radius 2 is 2.33 bits per heavy atom. The fourth-order valence-electron chi connectivity index (χ4n) is 2.02. The van der Waals surface area contributed by atoms with Gasteiger partial charge in [0.15, 0.2) is 0 Å². The average Bonchev–Trinajstić information content (AvgIpc) is 2.58. The van der Waals surface area contributed by atoms with Crippen molar-refractivity contribution in [2.45, 2.75) is 37.7 Å². The maximum Gasteiger partial charge on any atom is 0.0967 e. The summed E-state index contributed by atoms with van der Waals surface area (Å²) in [5.41, 5.74) is 1.02. The summed E-state index contributed by atoms with van der Waals surface area (Å²) in [6, 6.07) is 0.599. The third-order valence-electron chi connectivity index (χ3n) is 2.97. The molecule has 5 heteroatoms. The molecule has 0 amide bonds. The van der Waals surface area contributed by atoms with Gasteiger partial charge < -0.3 is 0 Å². The molecule has 0 bridgehead atoms. The number of alkyl halides is 1. The highest BCUT2D eigenvalue weighted by Gasteiger charge is 2.24. The van der Waals surface area contributed by atoms with Gasteiger partial charge in [0.25, 0.3) is 0 Å². The lowest BCUT2D eigenvalue weighted by atomic mass is 10.0. The first-order valence-corrected chi connectivity index (χ1v) is 5.82. The lowest BCUT2D eigenvalue weighted by Crippen LogP contribution is -2.41. The molecule has 15 heavy (non-hydrogen) atoms. The molecule has 1 aliphatic heterocycles. The SMILES string of the molecule is CC1CCC(Cl)CN1Cc1cnn(C)n1. The average molecular weight is 229 g/mol. The second-order valence-corrected chi connectivity index (χ2v) is 4.90. The van der Waals surface area contributed by atoms with E-state index in [-0.39, 0.29) is 5.38 Å². The maximum absolute atomic E-state index is 6.17. The molecule has 1 aliphatic rings. The first kappa shape index (κ1) is 10.9. The molecule has 0 radical (unpaired) electrons. The fourth-order valence-corrected chi connectivity index (χ4v) is 2.32. The van der Waals surface area contributed by atoms with Gasteiger partial charge in [0.1, 0.15) is 0 Å². The monoisotopic (exact) mass is 228 g/mol. The smallest absolute Gasteiger partial charge is 0.0967 e. The Hall–Kier alpha value is -0.610. The first-order valence-electron chi connectivity index (χ1n) is 5.38. The molecule has 1 aromatic heterocycles. The van der Waals surface area contributed by atoms with Gasteiger partial charge >= 0.3 is 0 Å². The van der Waals surface area contributed by atoms with Crippen LogP contribution in [-0.2, 0) is 13.6 Å². The Balaban J connectivity index is 1.98. The van der Waals surface area contributed by atoms with Gasteiger partial charge in [-0.05, 0) is 19.8 Å². The van der Waals surface area contributed by atoms with Crippen molar-refractivity contribution in [2.24, 2.45) is 7.05 Å². The van der Waals surface area contributed by atoms with Crippen LogP contribution in [0.2, 0.25) is 0 Å². The maximum atomic E-state index is 6.17. The Kier molecular flexibility index (Phi) is 3.26. The topological polar surface area (TPSA) is 34.0 Å². The molecule has 0 aliphatic carbocycles. The zero-order valence-electron chi connectivity index (χ0n) is 9.23. The van der Waals surface area contributed by atoms with Crippen LogP contribution in [0.5, 0.6) is 0 Å². The highest BCUT2D eigenvalue weighted by molar-refractivity contribution is 6.20. The van der Waals surface area contributed by atoms with E-state index in [1.54, 1.807) is 4.80 Å². The largest absolute Gasteiger partial charge is 0.293 e. The molecule has 0 spiro atoms. The van der Waals surface area contributed by atoms with E-state index in [0.29, 0.717) is 6.04 Å². The van der Waals surface area contributed by atoms with Gasteiger partial charge in [-0.25, -0.2) is 0 Å². The quantitative estimate of drug-likeness (QED) is 0.718. The number of piperidine rings is 1. The molecule has 84 valence electrons. The molecule has 0 N–H and O–H groups in total. The summed E-state index contributed by atoms with van der Waals surface area (Å²) in [5.74, 6) is 0. The number of likely N-dealkylation sites (tertiary alicyclic amines) is 1. The number of nitrogens with zero attached hydrogens (tertiary/aromatic N) is 4. The molecular weight excluding hydrogens is 212 g/mol. The Morgan fingerprint density at radius 3 is 3.00 bits per heavy atom. The van der Waals surface area contributed by atoms with Crippen molar-refractivity contribution in [3.8, 4) is 0 Å². The molecule has 0 aromatic carbocycles. The Morgan fingerprint density at radius 1 is 1.53 bits per heavy atom. The summed E-state index contributed by atoms with van der Waals surface area (Å²) in [4.78, 5) is 3.98. The molecule has 4 nitrogen and oxygen atoms in total. The molecule has 1 saturated heterocycles. The van der Waals surface area contributed by atoms with Crippen LogP contribution in [0.1, 0.15) is 25.5 Å². The molecule has 2 heterocycles. The van der Waals surface area contributed by atoms with Gasteiger partial charge in [0, 0.05) is 31.6 Å². The van der Waals surface area contributed by atoms with Crippen LogP contribution in [0, 0.1) is 0 Å². The van der Waals surface area contributed by atoms with E-state index in [9.17, 15) is 0 Å². The summed E-state index contributed by atoms with van der Waals surface area (Å²) in [7, 11) is 1.84. The van der Waals surface area contributed by atoms with E-state index in [4.69, 9.17) is 11.6 Å². The van der Waals surface area contributed by atoms with Crippen molar-refractivity contribution in [3.63, 3.8) is 0 Å². The zero-order chi connectivity index (χ0) is 10.8. The van der Waals surface area contributed by atoms with Gasteiger partial charge in [0.05, 0.1) is 11.9 Å². The molecule has 2 rings (SSSR count). The summed E-state index contributed by atoms with van der Waals surface area (Å²) in [5, 5.41) is 8.65. The standard InChI is InChI=1S/C10H17ClN4/c1-8-3-4-9(11)6-15(8)7-10-5-12-14(2)13-10/h5,8-9H,3-4,6-7H2,1-2H3. The van der Waals surface area contributed by atoms with Crippen molar-refractivity contribution in [1.82, 2.24) is 19.9 Å². The fraction of sp³-hybridized carbons (Fsp3) is 0.800. The highest BCUT2D eigenvalue weighted by Crippen LogP contribution is 2.21. The van der Waals surface area contributed by atoms with E-state index in [2.05, 4.69) is 22.0 Å². The van der Waals surface area contributed by atoms with E-state index < -0.39 is 0 Å². The number of hydrogen-bond donors (Lipinski definition) is 0. The minimum Gasteiger partial charge on any atom is -0.293 e. The van der Waals surface area contributed by atoms with Crippen LogP contribution in [0.4, 0.5) is 0 Å². The summed E-state index contributed by atoms with van der Waals surface area (Å²) >= 11 is 6.17. The van der Waals surface area contributed by atoms with Gasteiger partial charge in [-0.1, -0.05) is 0 Å². The van der Waals surface area contributed by atoms with Crippen LogP contribution in [0.15, 0.2) is 6.20 Å². The zero-order valence-corrected chi connectivity index (χ0v) is 9.98. The molecule has 0 saturated carbocycles. The Labute approximate surface area is 95.2 Å². The first-order chi connectivity index (χ1) is 7.15. The van der Waals surface area contributed by atoms with Crippen LogP contribution < -0.4 is 0 Å². The van der Waals surface area contributed by atoms with Crippen molar-refractivity contribution in [3.05, 3.63) is 11.9 Å². The predicted octanol–water partition coefficient (Wildman–Crippen LogP) is 1.41. The van der Waals surface area contributed by atoms with Gasteiger partial charge in [-0.3, -0.25) is 4.90 Å². The van der Waals surface area contributed by atoms with E-state index in [1.165, 1.54) is 6.42 Å². The molecule has 2 unspecified atom stereocenters. The number of hydrogen-bond acceptors (Lipinski definition) is 3. The summed E-state index contributed by atoms with van der Waals surface area (Å²) < 4.78 is 0. The molecule has 1 fully saturated rings. The van der Waals surface area contributed by atoms with Crippen molar-refractivity contribution in [1.29, 1.82) is 0 Å². The van der Waals surface area contributed by atoms with Crippen molar-refractivity contribution < 1.29 is 0 Å². The molecular formula is C10H17ClN4. The third-order valence-corrected chi connectivity index (χ3v) is 3.32. The lowest BCUT2D eigenvalue weighted by molar-refractivity contribution is 0.153. The second-order valence-electron chi connectivity index (χ2n) is 4.28. The van der Waals surface area contributed by atoms with Crippen LogP contribution in [0.3, 0.4) is 0 Å². The highest BCUT2D eigenvalue weighted by atomic mass is 35.5. The van der Waals surface area contributed by atoms with Crippen LogP contribution in [0.25, 0.3) is 0 Å². The van der Waals surface area contributed by atoms with Gasteiger partial charge in [0.2, 0.25) is 0 Å². The summed E-state index contributed by atoms with van der Waals surface area (Å²) in [6.45, 7) is 4.07. The van der Waals surface area contributed by atoms with E-state index in [0.717, 1.165) is 25.2 Å². The van der Waals surface area contributed by atoms with Gasteiger partial charge in [-0.15, -0.1) is 11.6 Å². The number of aromatic nitrogens is 3. The minimum atomic E-state index is 0.290. The lowest BCUT2D eigenvalue weighted by Gasteiger charge is -2.35. The van der Waals surface area contributed by atoms with Crippen LogP contribution in [-0.4, -0.2) is 37.9 Å². The number of rotatable bonds is 2. The number of aryl methyl sites for hydroxylation is 1. The van der Waals surface area contributed by atoms with Crippen molar-refractivity contribution >= 4 is 11.6 Å². The second kappa shape index (κ2) is 4.49. The third kappa shape index (κ3) is 2.69. The normalized spacial score (nSPS) is 28.2.